The second kappa shape index (κ2) is 11.9. The van der Waals surface area contributed by atoms with Crippen LogP contribution in [0.1, 0.15) is 10.4 Å². The highest BCUT2D eigenvalue weighted by atomic mass is 19.1. The van der Waals surface area contributed by atoms with Crippen LogP contribution in [0.4, 0.5) is 25.8 Å². The van der Waals surface area contributed by atoms with Gasteiger partial charge < -0.3 is 25.5 Å². The van der Waals surface area contributed by atoms with E-state index in [0.29, 0.717) is 35.0 Å². The maximum absolute atomic E-state index is 13.5. The normalized spacial score (nSPS) is 10.5. The van der Waals surface area contributed by atoms with E-state index in [1.165, 1.54) is 31.4 Å². The first-order valence-electron chi connectivity index (χ1n) is 10.1. The number of nitrogens with one attached hydrogen (secondary N) is 3. The van der Waals surface area contributed by atoms with E-state index >= 15 is 0 Å². The minimum Gasteiger partial charge on any atom is -0.495 e. The standard InChI is InChI=1S/C24H20F2N4O5/c1-34-21-5-3-2-4-20(21)30-24(33)15-6-9-17(10-7-15)28-23(32)14-35-27-13-22(31)29-19-11-8-16(25)12-18(19)26/h2-13H,14H2,1H3,(H,28,32)(H,29,31)(H,30,33)/b27-13+. The number of carbonyl (C=O) groups excluding carboxylic acids is 3. The van der Waals surface area contributed by atoms with Crippen LogP contribution in [0.25, 0.3) is 0 Å². The van der Waals surface area contributed by atoms with Crippen molar-refractivity contribution in [2.24, 2.45) is 5.16 Å². The largest absolute Gasteiger partial charge is 0.495 e. The summed E-state index contributed by atoms with van der Waals surface area (Å²) in [7, 11) is 1.50. The molecule has 0 aliphatic carbocycles. The number of halogens is 2. The molecule has 0 bridgehead atoms. The van der Waals surface area contributed by atoms with Gasteiger partial charge in [-0.25, -0.2) is 8.78 Å². The third kappa shape index (κ3) is 7.35. The topological polar surface area (TPSA) is 118 Å². The van der Waals surface area contributed by atoms with Gasteiger partial charge in [0.1, 0.15) is 23.6 Å². The Balaban J connectivity index is 1.44. The molecule has 0 radical (unpaired) electrons. The lowest BCUT2D eigenvalue weighted by molar-refractivity contribution is -0.120. The molecule has 0 aromatic heterocycles. The molecular formula is C24H20F2N4O5. The molecule has 11 heteroatoms. The highest BCUT2D eigenvalue weighted by molar-refractivity contribution is 6.31. The maximum atomic E-state index is 13.5. The van der Waals surface area contributed by atoms with Crippen molar-refractivity contribution in [2.45, 2.75) is 0 Å². The van der Waals surface area contributed by atoms with E-state index in [2.05, 4.69) is 21.1 Å². The van der Waals surface area contributed by atoms with Crippen molar-refractivity contribution in [1.29, 1.82) is 0 Å². The van der Waals surface area contributed by atoms with Gasteiger partial charge in [-0.1, -0.05) is 17.3 Å². The summed E-state index contributed by atoms with van der Waals surface area (Å²) in [6.07, 6.45) is 0.700. The Hall–Kier alpha value is -4.80. The number of oxime groups is 1. The van der Waals surface area contributed by atoms with E-state index < -0.39 is 30.1 Å². The fourth-order valence-corrected chi connectivity index (χ4v) is 2.78. The Morgan fingerprint density at radius 1 is 0.914 bits per heavy atom. The summed E-state index contributed by atoms with van der Waals surface area (Å²) in [5.41, 5.74) is 1.05. The van der Waals surface area contributed by atoms with Crippen LogP contribution in [0.15, 0.2) is 71.9 Å². The van der Waals surface area contributed by atoms with Crippen LogP contribution in [-0.4, -0.2) is 37.7 Å². The number of para-hydroxylation sites is 2. The van der Waals surface area contributed by atoms with E-state index in [1.54, 1.807) is 24.3 Å². The smallest absolute Gasteiger partial charge is 0.270 e. The van der Waals surface area contributed by atoms with E-state index in [9.17, 15) is 23.2 Å². The molecule has 0 fully saturated rings. The molecule has 3 N–H and O–H groups in total. The van der Waals surface area contributed by atoms with E-state index in [1.807, 2.05) is 0 Å². The van der Waals surface area contributed by atoms with Crippen molar-refractivity contribution in [2.75, 3.05) is 29.7 Å². The van der Waals surface area contributed by atoms with E-state index in [-0.39, 0.29) is 11.6 Å². The second-order valence-electron chi connectivity index (χ2n) is 6.90. The molecule has 0 atom stereocenters. The van der Waals surface area contributed by atoms with Crippen LogP contribution < -0.4 is 20.7 Å². The van der Waals surface area contributed by atoms with Crippen molar-refractivity contribution in [3.8, 4) is 5.75 Å². The summed E-state index contributed by atoms with van der Waals surface area (Å²) < 4.78 is 31.6. The summed E-state index contributed by atoms with van der Waals surface area (Å²) >= 11 is 0. The van der Waals surface area contributed by atoms with Crippen LogP contribution in [-0.2, 0) is 14.4 Å². The van der Waals surface area contributed by atoms with Gasteiger partial charge in [0.05, 0.1) is 18.5 Å². The molecule has 0 saturated heterocycles. The van der Waals surface area contributed by atoms with Crippen LogP contribution >= 0.6 is 0 Å². The third-order valence-electron chi connectivity index (χ3n) is 4.42. The minimum atomic E-state index is -0.949. The third-order valence-corrected chi connectivity index (χ3v) is 4.42. The minimum absolute atomic E-state index is 0.236. The molecule has 3 aromatic carbocycles. The number of nitrogens with zero attached hydrogens (tertiary/aromatic N) is 1. The Bertz CT molecular complexity index is 1250. The van der Waals surface area contributed by atoms with E-state index in [0.717, 1.165) is 12.1 Å². The Morgan fingerprint density at radius 3 is 2.37 bits per heavy atom. The summed E-state index contributed by atoms with van der Waals surface area (Å²) in [5, 5.41) is 10.8. The zero-order valence-corrected chi connectivity index (χ0v) is 18.4. The molecule has 3 aromatic rings. The quantitative estimate of drug-likeness (QED) is 0.317. The number of hydrogen-bond donors (Lipinski definition) is 3. The lowest BCUT2D eigenvalue weighted by atomic mass is 10.2. The monoisotopic (exact) mass is 482 g/mol. The summed E-state index contributed by atoms with van der Waals surface area (Å²) in [6, 6.07) is 15.7. The molecule has 9 nitrogen and oxygen atoms in total. The Labute approximate surface area is 198 Å². The molecule has 0 saturated carbocycles. The number of anilines is 3. The lowest BCUT2D eigenvalue weighted by Crippen LogP contribution is -2.18. The highest BCUT2D eigenvalue weighted by Gasteiger charge is 2.10. The van der Waals surface area contributed by atoms with Crippen molar-refractivity contribution < 1.29 is 32.7 Å². The van der Waals surface area contributed by atoms with Gasteiger partial charge >= 0.3 is 0 Å². The molecule has 35 heavy (non-hydrogen) atoms. The average molecular weight is 482 g/mol. The number of methoxy groups -OCH3 is 1. The molecule has 0 aliphatic rings. The Morgan fingerprint density at radius 2 is 1.66 bits per heavy atom. The number of ether oxygens (including phenoxy) is 1. The Kier molecular flexibility index (Phi) is 8.43. The molecule has 0 heterocycles. The number of benzene rings is 3. The molecule has 0 aliphatic heterocycles. The van der Waals surface area contributed by atoms with Crippen molar-refractivity contribution in [3.05, 3.63) is 83.9 Å². The first-order chi connectivity index (χ1) is 16.9. The van der Waals surface area contributed by atoms with Gasteiger partial charge in [-0.3, -0.25) is 14.4 Å². The van der Waals surface area contributed by atoms with Crippen LogP contribution in [0.3, 0.4) is 0 Å². The zero-order chi connectivity index (χ0) is 25.2. The first-order valence-corrected chi connectivity index (χ1v) is 10.1. The molecule has 3 amide bonds. The SMILES string of the molecule is COc1ccccc1NC(=O)c1ccc(NC(=O)CO/N=C/C(=O)Nc2ccc(F)cc2F)cc1. The predicted octanol–water partition coefficient (Wildman–Crippen LogP) is 3.81. The van der Waals surface area contributed by atoms with Gasteiger partial charge in [0.25, 0.3) is 17.7 Å². The molecule has 3 rings (SSSR count). The second-order valence-corrected chi connectivity index (χ2v) is 6.90. The van der Waals surface area contributed by atoms with Crippen molar-refractivity contribution in [1.82, 2.24) is 0 Å². The number of carbonyl (C=O) groups is 3. The number of amides is 3. The molecular weight excluding hydrogens is 462 g/mol. The van der Waals surface area contributed by atoms with Crippen molar-refractivity contribution in [3.63, 3.8) is 0 Å². The average Bonchev–Trinajstić information content (AvgIpc) is 2.84. The molecule has 0 unspecified atom stereocenters. The summed E-state index contributed by atoms with van der Waals surface area (Å²) in [4.78, 5) is 40.8. The number of rotatable bonds is 9. The predicted molar refractivity (Wildman–Crippen MR) is 125 cm³/mol. The molecule has 180 valence electrons. The van der Waals surface area contributed by atoms with Crippen LogP contribution in [0, 0.1) is 11.6 Å². The van der Waals surface area contributed by atoms with Gasteiger partial charge in [-0.2, -0.15) is 0 Å². The van der Waals surface area contributed by atoms with Crippen LogP contribution in [0.2, 0.25) is 0 Å². The van der Waals surface area contributed by atoms with Gasteiger partial charge in [-0.05, 0) is 48.5 Å². The number of hydrogen-bond acceptors (Lipinski definition) is 6. The fourth-order valence-electron chi connectivity index (χ4n) is 2.78. The van der Waals surface area contributed by atoms with Gasteiger partial charge in [0.15, 0.2) is 6.61 Å². The first kappa shape index (κ1) is 24.8. The summed E-state index contributed by atoms with van der Waals surface area (Å²) in [6.45, 7) is -0.509. The summed E-state index contributed by atoms with van der Waals surface area (Å²) in [5.74, 6) is -2.97. The highest BCUT2D eigenvalue weighted by Crippen LogP contribution is 2.24. The van der Waals surface area contributed by atoms with Crippen LogP contribution in [0.5, 0.6) is 5.75 Å². The van der Waals surface area contributed by atoms with Gasteiger partial charge in [-0.15, -0.1) is 0 Å². The fraction of sp³-hybridized carbons (Fsp3) is 0.0833. The molecule has 0 spiro atoms. The van der Waals surface area contributed by atoms with E-state index in [4.69, 9.17) is 9.57 Å². The lowest BCUT2D eigenvalue weighted by Gasteiger charge is -2.10. The zero-order valence-electron chi connectivity index (χ0n) is 18.4. The maximum Gasteiger partial charge on any atom is 0.270 e. The van der Waals surface area contributed by atoms with Crippen molar-refractivity contribution >= 4 is 41.0 Å². The van der Waals surface area contributed by atoms with Gasteiger partial charge in [0.2, 0.25) is 0 Å². The van der Waals surface area contributed by atoms with Gasteiger partial charge in [0, 0.05) is 17.3 Å².